The summed E-state index contributed by atoms with van der Waals surface area (Å²) < 4.78 is 5.19. The van der Waals surface area contributed by atoms with E-state index in [1.165, 1.54) is 7.11 Å². The Morgan fingerprint density at radius 3 is 2.79 bits per heavy atom. The maximum atomic E-state index is 11.8. The number of benzene rings is 1. The molecule has 0 aliphatic rings. The first-order chi connectivity index (χ1) is 9.06. The molecule has 1 aromatic carbocycles. The van der Waals surface area contributed by atoms with Crippen molar-refractivity contribution in [1.82, 2.24) is 9.97 Å². The van der Waals surface area contributed by atoms with Crippen molar-refractivity contribution in [2.24, 2.45) is 0 Å². The van der Waals surface area contributed by atoms with Gasteiger partial charge in [-0.25, -0.2) is 0 Å². The summed E-state index contributed by atoms with van der Waals surface area (Å²) in [6, 6.07) is 4.94. The Bertz CT molecular complexity index is 667. The second kappa shape index (κ2) is 5.32. The third kappa shape index (κ3) is 2.56. The van der Waals surface area contributed by atoms with Crippen LogP contribution in [0.2, 0.25) is 5.02 Å². The van der Waals surface area contributed by atoms with Crippen LogP contribution in [-0.4, -0.2) is 22.2 Å². The van der Waals surface area contributed by atoms with Gasteiger partial charge in [0.15, 0.2) is 0 Å². The number of H-pyrrole nitrogens is 1. The number of hydrogen-bond donors (Lipinski definition) is 2. The number of rotatable bonds is 3. The van der Waals surface area contributed by atoms with Crippen LogP contribution in [0.5, 0.6) is 11.6 Å². The lowest BCUT2D eigenvalue weighted by molar-refractivity contribution is 0.415. The van der Waals surface area contributed by atoms with E-state index >= 15 is 0 Å². The largest absolute Gasteiger partial charge is 0.496 e. The summed E-state index contributed by atoms with van der Waals surface area (Å²) in [6.45, 7) is 1.77. The second-order valence-corrected chi connectivity index (χ2v) is 4.35. The van der Waals surface area contributed by atoms with Crippen molar-refractivity contribution < 1.29 is 9.84 Å². The normalized spacial score (nSPS) is 10.5. The van der Waals surface area contributed by atoms with Crippen LogP contribution in [0.1, 0.15) is 12.5 Å². The molecule has 0 atom stereocenters. The molecule has 19 heavy (non-hydrogen) atoms. The van der Waals surface area contributed by atoms with E-state index in [1.54, 1.807) is 25.1 Å². The molecule has 0 unspecified atom stereocenters. The average Bonchev–Trinajstić information content (AvgIpc) is 2.38. The fraction of sp³-hybridized carbons (Fsp3) is 0.231. The maximum Gasteiger partial charge on any atom is 0.258 e. The summed E-state index contributed by atoms with van der Waals surface area (Å²) in [4.78, 5) is 18.4. The van der Waals surface area contributed by atoms with Gasteiger partial charge in [-0.05, 0) is 24.6 Å². The Kier molecular flexibility index (Phi) is 3.76. The van der Waals surface area contributed by atoms with Gasteiger partial charge in [0.05, 0.1) is 18.2 Å². The van der Waals surface area contributed by atoms with Gasteiger partial charge in [0.1, 0.15) is 11.6 Å². The van der Waals surface area contributed by atoms with Gasteiger partial charge in [0, 0.05) is 5.02 Å². The van der Waals surface area contributed by atoms with E-state index in [-0.39, 0.29) is 22.8 Å². The molecule has 1 aromatic heterocycles. The molecule has 0 spiro atoms. The van der Waals surface area contributed by atoms with Gasteiger partial charge in [0.2, 0.25) is 5.88 Å². The second-order valence-electron chi connectivity index (χ2n) is 3.91. The number of nitrogens with one attached hydrogen (secondary N) is 1. The summed E-state index contributed by atoms with van der Waals surface area (Å²) in [7, 11) is 1.49. The minimum atomic E-state index is -0.359. The van der Waals surface area contributed by atoms with Gasteiger partial charge in [-0.15, -0.1) is 0 Å². The Morgan fingerprint density at radius 2 is 2.21 bits per heavy atom. The molecule has 0 amide bonds. The van der Waals surface area contributed by atoms with Gasteiger partial charge >= 0.3 is 0 Å². The molecule has 0 radical (unpaired) electrons. The number of aromatic nitrogens is 2. The molecule has 0 saturated heterocycles. The van der Waals surface area contributed by atoms with Gasteiger partial charge in [-0.2, -0.15) is 4.98 Å². The molecule has 0 bridgehead atoms. The molecule has 5 nitrogen and oxygen atoms in total. The Morgan fingerprint density at radius 1 is 1.47 bits per heavy atom. The van der Waals surface area contributed by atoms with Crippen LogP contribution >= 0.6 is 11.6 Å². The SMILES string of the molecule is CCc1c(O)nc(-c2ccc(Cl)cc2OC)[nH]c1=O. The molecule has 0 fully saturated rings. The fourth-order valence-electron chi connectivity index (χ4n) is 1.79. The van der Waals surface area contributed by atoms with Crippen molar-refractivity contribution in [2.45, 2.75) is 13.3 Å². The topological polar surface area (TPSA) is 75.2 Å². The van der Waals surface area contributed by atoms with Crippen molar-refractivity contribution in [3.05, 3.63) is 39.1 Å². The number of nitrogens with zero attached hydrogens (tertiary/aromatic N) is 1. The Balaban J connectivity index is 2.63. The van der Waals surface area contributed by atoms with Crippen molar-refractivity contribution in [1.29, 1.82) is 0 Å². The lowest BCUT2D eigenvalue weighted by Gasteiger charge is -2.09. The van der Waals surface area contributed by atoms with Gasteiger partial charge in [-0.1, -0.05) is 18.5 Å². The number of hydrogen-bond acceptors (Lipinski definition) is 4. The molecule has 0 aliphatic heterocycles. The lowest BCUT2D eigenvalue weighted by Crippen LogP contribution is -2.14. The van der Waals surface area contributed by atoms with E-state index in [1.807, 2.05) is 0 Å². The van der Waals surface area contributed by atoms with Crippen LogP contribution < -0.4 is 10.3 Å². The number of methoxy groups -OCH3 is 1. The number of aromatic amines is 1. The molecule has 0 aliphatic carbocycles. The highest BCUT2D eigenvalue weighted by Gasteiger charge is 2.13. The van der Waals surface area contributed by atoms with Crippen molar-refractivity contribution in [2.75, 3.05) is 7.11 Å². The summed E-state index contributed by atoms with van der Waals surface area (Å²) in [5.41, 5.74) is 0.459. The van der Waals surface area contributed by atoms with Crippen LogP contribution in [0.25, 0.3) is 11.4 Å². The first kappa shape index (κ1) is 13.4. The van der Waals surface area contributed by atoms with Crippen molar-refractivity contribution in [3.63, 3.8) is 0 Å². The molecule has 0 saturated carbocycles. The van der Waals surface area contributed by atoms with Crippen molar-refractivity contribution >= 4 is 11.6 Å². The zero-order chi connectivity index (χ0) is 14.0. The van der Waals surface area contributed by atoms with E-state index in [4.69, 9.17) is 16.3 Å². The Hall–Kier alpha value is -2.01. The Labute approximate surface area is 114 Å². The first-order valence-corrected chi connectivity index (χ1v) is 6.10. The first-order valence-electron chi connectivity index (χ1n) is 5.72. The minimum Gasteiger partial charge on any atom is -0.496 e. The van der Waals surface area contributed by atoms with Crippen LogP contribution in [0.4, 0.5) is 0 Å². The standard InChI is InChI=1S/C13H13ClN2O3/c1-3-8-12(17)15-11(16-13(8)18)9-5-4-7(14)6-10(9)19-2/h4-6H,3H2,1-2H3,(H2,15,16,17,18). The zero-order valence-electron chi connectivity index (χ0n) is 10.5. The fourth-order valence-corrected chi connectivity index (χ4v) is 1.95. The molecule has 100 valence electrons. The molecule has 2 aromatic rings. The van der Waals surface area contributed by atoms with E-state index in [2.05, 4.69) is 9.97 Å². The highest BCUT2D eigenvalue weighted by molar-refractivity contribution is 6.30. The van der Waals surface area contributed by atoms with Crippen LogP contribution in [0, 0.1) is 0 Å². The van der Waals surface area contributed by atoms with E-state index in [9.17, 15) is 9.90 Å². The predicted octanol–water partition coefficient (Wildman–Crippen LogP) is 2.37. The van der Waals surface area contributed by atoms with Crippen LogP contribution in [-0.2, 0) is 6.42 Å². The van der Waals surface area contributed by atoms with Crippen molar-refractivity contribution in [3.8, 4) is 23.0 Å². The summed E-state index contributed by atoms with van der Waals surface area (Å²) >= 11 is 5.87. The minimum absolute atomic E-state index is 0.244. The zero-order valence-corrected chi connectivity index (χ0v) is 11.3. The molecule has 1 heterocycles. The smallest absolute Gasteiger partial charge is 0.258 e. The summed E-state index contributed by atoms with van der Waals surface area (Å²) in [5.74, 6) is 0.450. The molecular formula is C13H13ClN2O3. The maximum absolute atomic E-state index is 11.8. The summed E-state index contributed by atoms with van der Waals surface area (Å²) in [6.07, 6.45) is 0.409. The third-order valence-electron chi connectivity index (χ3n) is 2.77. The average molecular weight is 281 g/mol. The number of halogens is 1. The third-order valence-corrected chi connectivity index (χ3v) is 3.00. The lowest BCUT2D eigenvalue weighted by atomic mass is 10.1. The molecule has 2 N–H and O–H groups in total. The quantitative estimate of drug-likeness (QED) is 0.905. The van der Waals surface area contributed by atoms with E-state index in [0.29, 0.717) is 22.8 Å². The van der Waals surface area contributed by atoms with E-state index < -0.39 is 0 Å². The summed E-state index contributed by atoms with van der Waals surface area (Å²) in [5, 5.41) is 10.3. The molecule has 2 rings (SSSR count). The van der Waals surface area contributed by atoms with Gasteiger partial charge in [-0.3, -0.25) is 4.79 Å². The van der Waals surface area contributed by atoms with Crippen LogP contribution in [0.3, 0.4) is 0 Å². The highest BCUT2D eigenvalue weighted by atomic mass is 35.5. The van der Waals surface area contributed by atoms with Gasteiger partial charge < -0.3 is 14.8 Å². The van der Waals surface area contributed by atoms with Crippen LogP contribution in [0.15, 0.2) is 23.0 Å². The van der Waals surface area contributed by atoms with Gasteiger partial charge in [0.25, 0.3) is 5.56 Å². The van der Waals surface area contributed by atoms with E-state index in [0.717, 1.165) is 0 Å². The molecular weight excluding hydrogens is 268 g/mol. The predicted molar refractivity (Wildman–Crippen MR) is 72.9 cm³/mol. The monoisotopic (exact) mass is 280 g/mol. The number of aromatic hydroxyl groups is 1. The highest BCUT2D eigenvalue weighted by Crippen LogP contribution is 2.30. The number of ether oxygens (including phenoxy) is 1. The molecule has 6 heteroatoms.